The minimum atomic E-state index is 0.438. The Hall–Kier alpha value is -1.59. The largest absolute Gasteiger partial charge is 0.488 e. The van der Waals surface area contributed by atoms with Gasteiger partial charge in [0.1, 0.15) is 12.4 Å². The van der Waals surface area contributed by atoms with E-state index in [1.807, 2.05) is 42.5 Å². The summed E-state index contributed by atoms with van der Waals surface area (Å²) in [5, 5.41) is 4.24. The summed E-state index contributed by atoms with van der Waals surface area (Å²) in [7, 11) is 0. The van der Waals surface area contributed by atoms with E-state index in [1.54, 1.807) is 12.3 Å². The number of anilines is 1. The molecule has 0 aliphatic rings. The van der Waals surface area contributed by atoms with Crippen molar-refractivity contribution in [3.05, 3.63) is 69.6 Å². The zero-order valence-electron chi connectivity index (χ0n) is 11.2. The van der Waals surface area contributed by atoms with Crippen LogP contribution in [0, 0.1) is 0 Å². The fourth-order valence-electron chi connectivity index (χ4n) is 1.66. The smallest absolute Gasteiger partial charge is 0.142 e. The van der Waals surface area contributed by atoms with Crippen LogP contribution < -0.4 is 10.2 Å². The second-order valence-corrected chi connectivity index (χ2v) is 5.91. The third-order valence-corrected chi connectivity index (χ3v) is 3.60. The molecule has 0 unspecified atom stereocenters. The normalized spacial score (nSPS) is 10.6. The summed E-state index contributed by atoms with van der Waals surface area (Å²) < 4.78 is 7.48. The van der Waals surface area contributed by atoms with E-state index in [4.69, 9.17) is 4.74 Å². The van der Waals surface area contributed by atoms with Crippen LogP contribution in [0.1, 0.15) is 5.56 Å². The predicted molar refractivity (Wildman–Crippen MR) is 95.2 cm³/mol. The van der Waals surface area contributed by atoms with Crippen LogP contribution in [0.2, 0.25) is 0 Å². The first kappa shape index (κ1) is 15.8. The quantitative estimate of drug-likeness (QED) is 0.403. The molecule has 108 valence electrons. The zero-order chi connectivity index (χ0) is 15.1. The molecule has 0 bridgehead atoms. The maximum atomic E-state index is 5.67. The maximum absolute atomic E-state index is 5.67. The van der Waals surface area contributed by atoms with Crippen LogP contribution >= 0.6 is 31.9 Å². The minimum absolute atomic E-state index is 0.438. The molecule has 0 fully saturated rings. The number of nitrogens with zero attached hydrogens (tertiary/aromatic N) is 1. The van der Waals surface area contributed by atoms with Crippen molar-refractivity contribution in [1.29, 1.82) is 0 Å². The topological polar surface area (TPSA) is 33.6 Å². The van der Waals surface area contributed by atoms with E-state index in [1.165, 1.54) is 0 Å². The molecule has 0 atom stereocenters. The first-order valence-electron chi connectivity index (χ1n) is 6.27. The van der Waals surface area contributed by atoms with Gasteiger partial charge in [0.05, 0.1) is 16.4 Å². The molecule has 0 amide bonds. The lowest BCUT2D eigenvalue weighted by atomic mass is 10.2. The van der Waals surface area contributed by atoms with E-state index in [2.05, 4.69) is 49.0 Å². The lowest BCUT2D eigenvalue weighted by Gasteiger charge is -2.10. The zero-order valence-corrected chi connectivity index (χ0v) is 14.4. The summed E-state index contributed by atoms with van der Waals surface area (Å²) in [5.41, 5.74) is 4.77. The van der Waals surface area contributed by atoms with Crippen LogP contribution in [0.4, 0.5) is 5.69 Å². The highest BCUT2D eigenvalue weighted by Gasteiger charge is 2.08. The van der Waals surface area contributed by atoms with E-state index in [9.17, 15) is 0 Å². The van der Waals surface area contributed by atoms with E-state index in [-0.39, 0.29) is 0 Å². The van der Waals surface area contributed by atoms with Crippen LogP contribution in [0.5, 0.6) is 5.75 Å². The number of benzene rings is 2. The number of hydrogen-bond donors (Lipinski definition) is 1. The molecule has 0 aliphatic carbocycles. The first-order chi connectivity index (χ1) is 10.2. The second-order valence-electron chi connectivity index (χ2n) is 4.14. The average molecular weight is 410 g/mol. The van der Waals surface area contributed by atoms with Crippen LogP contribution in [0.15, 0.2) is 69.2 Å². The van der Waals surface area contributed by atoms with Crippen molar-refractivity contribution >= 4 is 43.8 Å². The fourth-order valence-corrected chi connectivity index (χ4v) is 3.03. The van der Waals surface area contributed by atoms with E-state index in [0.717, 1.165) is 25.9 Å². The molecular formula is C16H14Br2N2O. The summed E-state index contributed by atoms with van der Waals surface area (Å²) in [6, 6.07) is 13.6. The summed E-state index contributed by atoms with van der Waals surface area (Å²) in [4.78, 5) is 0. The number of rotatable bonds is 6. The van der Waals surface area contributed by atoms with Crippen molar-refractivity contribution in [3.8, 4) is 5.75 Å². The molecule has 0 aromatic heterocycles. The average Bonchev–Trinajstić information content (AvgIpc) is 2.47. The molecule has 2 aromatic rings. The van der Waals surface area contributed by atoms with E-state index < -0.39 is 0 Å². The molecule has 2 rings (SSSR count). The molecular weight excluding hydrogens is 396 g/mol. The Kier molecular flexibility index (Phi) is 6.02. The van der Waals surface area contributed by atoms with Gasteiger partial charge in [-0.15, -0.1) is 0 Å². The van der Waals surface area contributed by atoms with Crippen molar-refractivity contribution in [3.63, 3.8) is 0 Å². The molecule has 0 heterocycles. The summed E-state index contributed by atoms with van der Waals surface area (Å²) in [6.45, 7) is 4.10. The van der Waals surface area contributed by atoms with Crippen molar-refractivity contribution in [1.82, 2.24) is 0 Å². The molecule has 21 heavy (non-hydrogen) atoms. The highest BCUT2D eigenvalue weighted by Crippen LogP contribution is 2.32. The number of hydrogen-bond acceptors (Lipinski definition) is 3. The second kappa shape index (κ2) is 8.00. The minimum Gasteiger partial charge on any atom is -0.488 e. The number of para-hydroxylation sites is 1. The molecule has 1 N–H and O–H groups in total. The van der Waals surface area contributed by atoms with Gasteiger partial charge in [-0.25, -0.2) is 0 Å². The lowest BCUT2D eigenvalue weighted by molar-refractivity contribution is 0.360. The summed E-state index contributed by atoms with van der Waals surface area (Å²) >= 11 is 6.96. The summed E-state index contributed by atoms with van der Waals surface area (Å²) in [5.74, 6) is 0.733. The molecule has 0 aliphatic heterocycles. The molecule has 0 radical (unpaired) electrons. The van der Waals surface area contributed by atoms with Gasteiger partial charge >= 0.3 is 0 Å². The van der Waals surface area contributed by atoms with E-state index in [0.29, 0.717) is 6.61 Å². The number of nitrogens with one attached hydrogen (secondary N) is 1. The maximum Gasteiger partial charge on any atom is 0.142 e. The molecule has 2 aromatic carbocycles. The molecule has 0 spiro atoms. The first-order valence-corrected chi connectivity index (χ1v) is 7.86. The van der Waals surface area contributed by atoms with Gasteiger partial charge in [-0.2, -0.15) is 5.10 Å². The van der Waals surface area contributed by atoms with E-state index >= 15 is 0 Å². The number of ether oxygens (including phenoxy) is 1. The molecule has 0 saturated heterocycles. The monoisotopic (exact) mass is 408 g/mol. The van der Waals surface area contributed by atoms with Gasteiger partial charge in [0.25, 0.3) is 0 Å². The Morgan fingerprint density at radius 2 is 1.95 bits per heavy atom. The third kappa shape index (κ3) is 4.72. The van der Waals surface area contributed by atoms with Crippen molar-refractivity contribution in [2.75, 3.05) is 12.0 Å². The predicted octanol–water partition coefficient (Wildman–Crippen LogP) is 5.22. The van der Waals surface area contributed by atoms with Gasteiger partial charge in [-0.1, -0.05) is 46.8 Å². The molecule has 5 heteroatoms. The SMILES string of the molecule is C=CCOc1c(Br)cc(Br)cc1/C=N/Nc1ccccc1. The highest BCUT2D eigenvalue weighted by atomic mass is 79.9. The Bertz CT molecular complexity index is 642. The highest BCUT2D eigenvalue weighted by molar-refractivity contribution is 9.11. The van der Waals surface area contributed by atoms with Crippen LogP contribution in [-0.4, -0.2) is 12.8 Å². The lowest BCUT2D eigenvalue weighted by Crippen LogP contribution is -1.99. The van der Waals surface area contributed by atoms with Crippen LogP contribution in [-0.2, 0) is 0 Å². The van der Waals surface area contributed by atoms with Gasteiger partial charge in [-0.05, 0) is 40.2 Å². The van der Waals surface area contributed by atoms with Gasteiger partial charge in [0, 0.05) is 10.0 Å². The van der Waals surface area contributed by atoms with Gasteiger partial charge < -0.3 is 4.74 Å². The third-order valence-electron chi connectivity index (χ3n) is 2.55. The number of halogens is 2. The Morgan fingerprint density at radius 3 is 2.67 bits per heavy atom. The van der Waals surface area contributed by atoms with Gasteiger partial charge in [0.15, 0.2) is 0 Å². The van der Waals surface area contributed by atoms with Crippen molar-refractivity contribution in [2.24, 2.45) is 5.10 Å². The van der Waals surface area contributed by atoms with Crippen molar-refractivity contribution < 1.29 is 4.74 Å². The summed E-state index contributed by atoms with van der Waals surface area (Å²) in [6.07, 6.45) is 3.43. The fraction of sp³-hybridized carbons (Fsp3) is 0.0625. The standard InChI is InChI=1S/C16H14Br2N2O/c1-2-8-21-16-12(9-13(17)10-15(16)18)11-19-20-14-6-4-3-5-7-14/h2-7,9-11,20H,1,8H2/b19-11+. The van der Waals surface area contributed by atoms with Crippen LogP contribution in [0.3, 0.4) is 0 Å². The van der Waals surface area contributed by atoms with Gasteiger partial charge in [-0.3, -0.25) is 5.43 Å². The Balaban J connectivity index is 2.19. The molecule has 3 nitrogen and oxygen atoms in total. The molecule has 0 saturated carbocycles. The Labute approximate surface area is 141 Å². The number of hydrazone groups is 1. The Morgan fingerprint density at radius 1 is 1.19 bits per heavy atom. The van der Waals surface area contributed by atoms with Crippen LogP contribution in [0.25, 0.3) is 0 Å². The van der Waals surface area contributed by atoms with Gasteiger partial charge in [0.2, 0.25) is 0 Å². The van der Waals surface area contributed by atoms with Crippen molar-refractivity contribution in [2.45, 2.75) is 0 Å².